The fourth-order valence-electron chi connectivity index (χ4n) is 4.66. The molecule has 3 aliphatic rings. The van der Waals surface area contributed by atoms with Gasteiger partial charge in [-0.1, -0.05) is 19.8 Å². The van der Waals surface area contributed by atoms with Crippen molar-refractivity contribution in [2.24, 2.45) is 11.8 Å². The molecule has 0 aromatic heterocycles. The van der Waals surface area contributed by atoms with Crippen molar-refractivity contribution in [2.75, 3.05) is 39.3 Å². The summed E-state index contributed by atoms with van der Waals surface area (Å²) in [5, 5.41) is 6.45. The lowest BCUT2D eigenvalue weighted by Gasteiger charge is -2.34. The largest absolute Gasteiger partial charge is 0.377 e. The molecule has 0 aromatic rings. The number of nitrogens with one attached hydrogen (secondary N) is 2. The van der Waals surface area contributed by atoms with Crippen molar-refractivity contribution in [3.8, 4) is 0 Å². The molecule has 2 aliphatic heterocycles. The second kappa shape index (κ2) is 11.5. The Kier molecular flexibility index (Phi) is 9.68. The number of hydrogen-bond donors (Lipinski definition) is 2. The van der Waals surface area contributed by atoms with Gasteiger partial charge in [-0.3, -0.25) is 4.79 Å². The van der Waals surface area contributed by atoms with Gasteiger partial charge in [-0.15, -0.1) is 12.4 Å². The molecule has 4 atom stereocenters. The molecule has 0 spiro atoms. The van der Waals surface area contributed by atoms with Crippen LogP contribution in [0.2, 0.25) is 0 Å². The van der Waals surface area contributed by atoms with E-state index in [0.29, 0.717) is 12.0 Å². The predicted octanol–water partition coefficient (Wildman–Crippen LogP) is 2.58. The molecule has 0 bridgehead atoms. The van der Waals surface area contributed by atoms with Crippen LogP contribution in [0.4, 0.5) is 0 Å². The van der Waals surface area contributed by atoms with Gasteiger partial charge < -0.3 is 20.3 Å². The van der Waals surface area contributed by atoms with Gasteiger partial charge in [0.1, 0.15) is 0 Å². The molecule has 1 saturated carbocycles. The Morgan fingerprint density at radius 1 is 1.15 bits per heavy atom. The van der Waals surface area contributed by atoms with Crippen LogP contribution in [0.25, 0.3) is 0 Å². The quantitative estimate of drug-likeness (QED) is 0.705. The van der Waals surface area contributed by atoms with Gasteiger partial charge in [0.15, 0.2) is 0 Å². The Hall–Kier alpha value is -0.360. The minimum atomic E-state index is 0. The Balaban J connectivity index is 0.00000243. The lowest BCUT2D eigenvalue weighted by Crippen LogP contribution is -2.46. The topological polar surface area (TPSA) is 53.6 Å². The third-order valence-corrected chi connectivity index (χ3v) is 6.32. The predicted molar refractivity (Wildman–Crippen MR) is 108 cm³/mol. The molecule has 2 heterocycles. The lowest BCUT2D eigenvalue weighted by atomic mass is 9.88. The monoisotopic (exact) mass is 387 g/mol. The number of carbonyl (C=O) groups is 1. The van der Waals surface area contributed by atoms with E-state index >= 15 is 0 Å². The van der Waals surface area contributed by atoms with E-state index in [2.05, 4.69) is 22.5 Å². The van der Waals surface area contributed by atoms with Crippen LogP contribution in [-0.4, -0.2) is 62.3 Å². The molecular formula is C20H38ClN3O2. The highest BCUT2D eigenvalue weighted by atomic mass is 35.5. The lowest BCUT2D eigenvalue weighted by molar-refractivity contribution is -0.123. The molecule has 6 heteroatoms. The van der Waals surface area contributed by atoms with E-state index in [4.69, 9.17) is 4.74 Å². The molecule has 4 unspecified atom stereocenters. The maximum absolute atomic E-state index is 12.1. The SMILES string of the molecule is CC1CCCCC1OCCN1CCCC(CNC(=O)C2CCCN2)C1.Cl. The summed E-state index contributed by atoms with van der Waals surface area (Å²) in [4.78, 5) is 14.7. The molecule has 0 aromatic carbocycles. The van der Waals surface area contributed by atoms with Crippen molar-refractivity contribution in [1.82, 2.24) is 15.5 Å². The number of rotatable bonds is 7. The zero-order valence-corrected chi connectivity index (χ0v) is 17.2. The van der Waals surface area contributed by atoms with E-state index in [1.807, 2.05) is 0 Å². The van der Waals surface area contributed by atoms with Crippen molar-refractivity contribution in [1.29, 1.82) is 0 Å². The first-order valence-corrected chi connectivity index (χ1v) is 10.6. The van der Waals surface area contributed by atoms with Gasteiger partial charge in [0, 0.05) is 19.6 Å². The van der Waals surface area contributed by atoms with E-state index in [0.717, 1.165) is 51.5 Å². The van der Waals surface area contributed by atoms with Crippen molar-refractivity contribution >= 4 is 18.3 Å². The summed E-state index contributed by atoms with van der Waals surface area (Å²) in [6.07, 6.45) is 10.3. The summed E-state index contributed by atoms with van der Waals surface area (Å²) in [5.74, 6) is 1.51. The summed E-state index contributed by atoms with van der Waals surface area (Å²) in [6, 6.07) is 0.0468. The van der Waals surface area contributed by atoms with E-state index in [1.54, 1.807) is 0 Å². The zero-order chi connectivity index (χ0) is 17.5. The molecule has 152 valence electrons. The number of ether oxygens (including phenoxy) is 1. The Labute approximate surface area is 165 Å². The van der Waals surface area contributed by atoms with Crippen LogP contribution in [0.15, 0.2) is 0 Å². The second-order valence-electron chi connectivity index (χ2n) is 8.37. The van der Waals surface area contributed by atoms with Gasteiger partial charge in [0.25, 0.3) is 0 Å². The molecule has 0 radical (unpaired) electrons. The number of amides is 1. The fourth-order valence-corrected chi connectivity index (χ4v) is 4.66. The summed E-state index contributed by atoms with van der Waals surface area (Å²) in [5.41, 5.74) is 0. The summed E-state index contributed by atoms with van der Waals surface area (Å²) in [7, 11) is 0. The van der Waals surface area contributed by atoms with E-state index in [-0.39, 0.29) is 24.4 Å². The van der Waals surface area contributed by atoms with Gasteiger partial charge in [-0.05, 0) is 63.5 Å². The highest BCUT2D eigenvalue weighted by molar-refractivity contribution is 5.85. The van der Waals surface area contributed by atoms with Gasteiger partial charge in [-0.25, -0.2) is 0 Å². The van der Waals surface area contributed by atoms with Crippen molar-refractivity contribution < 1.29 is 9.53 Å². The molecule has 2 saturated heterocycles. The molecule has 1 aliphatic carbocycles. The molecule has 5 nitrogen and oxygen atoms in total. The normalized spacial score (nSPS) is 32.8. The first-order chi connectivity index (χ1) is 12.2. The maximum Gasteiger partial charge on any atom is 0.237 e. The standard InChI is InChI=1S/C20H37N3O2.ClH/c1-16-6-2-3-9-19(16)25-13-12-23-11-5-7-17(15-23)14-22-20(24)18-8-4-10-21-18;/h16-19,21H,2-15H2,1H3,(H,22,24);1H. The van der Waals surface area contributed by atoms with Crippen molar-refractivity contribution in [3.05, 3.63) is 0 Å². The van der Waals surface area contributed by atoms with Crippen LogP contribution in [-0.2, 0) is 9.53 Å². The number of piperidine rings is 1. The Morgan fingerprint density at radius 2 is 2.00 bits per heavy atom. The van der Waals surface area contributed by atoms with Gasteiger partial charge in [0.2, 0.25) is 5.91 Å². The smallest absolute Gasteiger partial charge is 0.237 e. The molecule has 3 fully saturated rings. The van der Waals surface area contributed by atoms with Crippen molar-refractivity contribution in [3.63, 3.8) is 0 Å². The number of hydrogen-bond acceptors (Lipinski definition) is 4. The number of likely N-dealkylation sites (tertiary alicyclic amines) is 1. The average molecular weight is 388 g/mol. The van der Waals surface area contributed by atoms with Crippen LogP contribution in [0, 0.1) is 11.8 Å². The highest BCUT2D eigenvalue weighted by Gasteiger charge is 2.25. The second-order valence-corrected chi connectivity index (χ2v) is 8.37. The molecule has 1 amide bonds. The van der Waals surface area contributed by atoms with Crippen LogP contribution in [0.1, 0.15) is 58.3 Å². The third kappa shape index (κ3) is 6.66. The first-order valence-electron chi connectivity index (χ1n) is 10.6. The maximum atomic E-state index is 12.1. The van der Waals surface area contributed by atoms with E-state index in [9.17, 15) is 4.79 Å². The fraction of sp³-hybridized carbons (Fsp3) is 0.950. The van der Waals surface area contributed by atoms with E-state index < -0.39 is 0 Å². The average Bonchev–Trinajstić information content (AvgIpc) is 3.16. The van der Waals surface area contributed by atoms with Crippen LogP contribution in [0.5, 0.6) is 0 Å². The minimum absolute atomic E-state index is 0. The van der Waals surface area contributed by atoms with Gasteiger partial charge >= 0.3 is 0 Å². The Bertz CT molecular complexity index is 418. The first kappa shape index (κ1) is 21.9. The number of carbonyl (C=O) groups excluding carboxylic acids is 1. The summed E-state index contributed by atoms with van der Waals surface area (Å²) in [6.45, 7) is 8.32. The highest BCUT2D eigenvalue weighted by Crippen LogP contribution is 2.26. The Morgan fingerprint density at radius 3 is 2.77 bits per heavy atom. The number of halogens is 1. The zero-order valence-electron chi connectivity index (χ0n) is 16.4. The summed E-state index contributed by atoms with van der Waals surface area (Å²) < 4.78 is 6.18. The minimum Gasteiger partial charge on any atom is -0.377 e. The van der Waals surface area contributed by atoms with Crippen molar-refractivity contribution in [2.45, 2.75) is 70.4 Å². The third-order valence-electron chi connectivity index (χ3n) is 6.32. The summed E-state index contributed by atoms with van der Waals surface area (Å²) >= 11 is 0. The van der Waals surface area contributed by atoms with E-state index in [1.165, 1.54) is 45.1 Å². The number of nitrogens with zero attached hydrogens (tertiary/aromatic N) is 1. The molecule has 3 rings (SSSR count). The molecule has 2 N–H and O–H groups in total. The molecular weight excluding hydrogens is 350 g/mol. The van der Waals surface area contributed by atoms with Crippen LogP contribution in [0.3, 0.4) is 0 Å². The van der Waals surface area contributed by atoms with Crippen LogP contribution >= 0.6 is 12.4 Å². The van der Waals surface area contributed by atoms with Crippen LogP contribution < -0.4 is 10.6 Å². The van der Waals surface area contributed by atoms with Gasteiger partial charge in [-0.2, -0.15) is 0 Å². The molecule has 26 heavy (non-hydrogen) atoms. The van der Waals surface area contributed by atoms with Gasteiger partial charge in [0.05, 0.1) is 18.8 Å².